The molecule has 5 rings (SSSR count). The Balaban J connectivity index is 1.37. The van der Waals surface area contributed by atoms with Gasteiger partial charge in [-0.15, -0.1) is 0 Å². The van der Waals surface area contributed by atoms with E-state index in [0.29, 0.717) is 6.42 Å². The van der Waals surface area contributed by atoms with Crippen molar-refractivity contribution >= 4 is 21.8 Å². The number of ether oxygens (including phenoxy) is 1. The van der Waals surface area contributed by atoms with Crippen molar-refractivity contribution in [3.8, 4) is 0 Å². The summed E-state index contributed by atoms with van der Waals surface area (Å²) in [4.78, 5) is 16.2. The van der Waals surface area contributed by atoms with Crippen LogP contribution in [0.1, 0.15) is 61.3 Å². The second-order valence-electron chi connectivity index (χ2n) is 11.1. The van der Waals surface area contributed by atoms with E-state index in [-0.39, 0.29) is 34.9 Å². The number of benzene rings is 3. The van der Waals surface area contributed by atoms with Crippen molar-refractivity contribution in [2.75, 3.05) is 26.3 Å². The van der Waals surface area contributed by atoms with Gasteiger partial charge in [0, 0.05) is 29.5 Å². The van der Waals surface area contributed by atoms with E-state index < -0.39 is 6.04 Å². The second kappa shape index (κ2) is 12.3. The number of nitrogens with zero attached hydrogens (tertiary/aromatic N) is 1. The third kappa shape index (κ3) is 6.76. The molecule has 0 bridgehead atoms. The molecule has 1 N–H and O–H groups in total. The summed E-state index contributed by atoms with van der Waals surface area (Å²) in [5.41, 5.74) is 2.82. The number of nitrogens with one attached hydrogen (secondary N) is 1. The fourth-order valence-electron chi connectivity index (χ4n) is 6.30. The number of halogens is 3. The number of carbonyl (C=O) groups excluding carboxylic acids is 1. The maximum atomic E-state index is 13.7. The topological polar surface area (TPSA) is 41.6 Å². The Morgan fingerprint density at radius 3 is 2.10 bits per heavy atom. The van der Waals surface area contributed by atoms with E-state index in [9.17, 15) is 13.6 Å². The zero-order valence-corrected chi connectivity index (χ0v) is 23.8. The first-order chi connectivity index (χ1) is 18.8. The molecule has 0 aromatic heterocycles. The van der Waals surface area contributed by atoms with E-state index >= 15 is 0 Å². The zero-order chi connectivity index (χ0) is 27.4. The van der Waals surface area contributed by atoms with Gasteiger partial charge in [-0.25, -0.2) is 8.78 Å². The first-order valence-corrected chi connectivity index (χ1v) is 14.5. The Morgan fingerprint density at radius 1 is 0.974 bits per heavy atom. The number of amides is 1. The van der Waals surface area contributed by atoms with Gasteiger partial charge >= 0.3 is 0 Å². The van der Waals surface area contributed by atoms with E-state index in [0.717, 1.165) is 61.2 Å². The third-order valence-electron chi connectivity index (χ3n) is 8.51. The lowest BCUT2D eigenvalue weighted by molar-refractivity contribution is -0.123. The molecule has 3 aromatic rings. The largest absolute Gasteiger partial charge is 0.379 e. The molecule has 3 atom stereocenters. The number of hydrogen-bond acceptors (Lipinski definition) is 3. The van der Waals surface area contributed by atoms with Gasteiger partial charge in [0.1, 0.15) is 11.6 Å². The third-order valence-corrected chi connectivity index (χ3v) is 9.04. The van der Waals surface area contributed by atoms with E-state index in [2.05, 4.69) is 57.3 Å². The summed E-state index contributed by atoms with van der Waals surface area (Å²) >= 11 is 3.56. The lowest BCUT2D eigenvalue weighted by Gasteiger charge is -2.50. The van der Waals surface area contributed by atoms with Gasteiger partial charge in [0.15, 0.2) is 0 Å². The monoisotopic (exact) mass is 596 g/mol. The van der Waals surface area contributed by atoms with Crippen LogP contribution in [0.3, 0.4) is 0 Å². The van der Waals surface area contributed by atoms with Crippen LogP contribution in [0, 0.1) is 17.6 Å². The lowest BCUT2D eigenvalue weighted by atomic mass is 9.66. The maximum Gasteiger partial charge on any atom is 0.221 e. The predicted octanol–water partition coefficient (Wildman–Crippen LogP) is 7.00. The smallest absolute Gasteiger partial charge is 0.221 e. The van der Waals surface area contributed by atoms with Crippen LogP contribution in [0.15, 0.2) is 77.3 Å². The number of hydrogen-bond donors (Lipinski definition) is 1. The van der Waals surface area contributed by atoms with Crippen LogP contribution in [-0.4, -0.2) is 42.6 Å². The zero-order valence-electron chi connectivity index (χ0n) is 22.2. The molecular formula is C32H35BrF2N2O2. The first-order valence-electron chi connectivity index (χ1n) is 13.7. The van der Waals surface area contributed by atoms with Gasteiger partial charge in [-0.1, -0.05) is 52.3 Å². The van der Waals surface area contributed by atoms with E-state index in [1.54, 1.807) is 24.3 Å². The highest BCUT2D eigenvalue weighted by atomic mass is 79.9. The molecule has 1 aliphatic heterocycles. The molecule has 7 heteroatoms. The first kappa shape index (κ1) is 27.9. The fraction of sp³-hybridized carbons (Fsp3) is 0.406. The lowest BCUT2D eigenvalue weighted by Crippen LogP contribution is -2.54. The fourth-order valence-corrected chi connectivity index (χ4v) is 6.57. The van der Waals surface area contributed by atoms with Crippen LogP contribution in [0.5, 0.6) is 0 Å². The van der Waals surface area contributed by atoms with Gasteiger partial charge in [-0.3, -0.25) is 9.69 Å². The summed E-state index contributed by atoms with van der Waals surface area (Å²) in [6.07, 6.45) is 3.34. The highest BCUT2D eigenvalue weighted by Crippen LogP contribution is 2.47. The van der Waals surface area contributed by atoms with Crippen molar-refractivity contribution in [3.63, 3.8) is 0 Å². The predicted molar refractivity (Wildman–Crippen MR) is 152 cm³/mol. The van der Waals surface area contributed by atoms with Gasteiger partial charge in [-0.2, -0.15) is 0 Å². The quantitative estimate of drug-likeness (QED) is 0.319. The van der Waals surface area contributed by atoms with Crippen LogP contribution in [0.4, 0.5) is 8.78 Å². The average Bonchev–Trinajstić information content (AvgIpc) is 2.95. The molecule has 0 spiro atoms. The highest BCUT2D eigenvalue weighted by Gasteiger charge is 2.43. The van der Waals surface area contributed by atoms with Crippen molar-refractivity contribution in [1.29, 1.82) is 0 Å². The van der Waals surface area contributed by atoms with Crippen molar-refractivity contribution in [2.24, 2.45) is 5.92 Å². The number of morpholine rings is 1. The summed E-state index contributed by atoms with van der Waals surface area (Å²) in [5.74, 6) is -0.324. The summed E-state index contributed by atoms with van der Waals surface area (Å²) < 4.78 is 34.0. The van der Waals surface area contributed by atoms with Crippen LogP contribution in [0.2, 0.25) is 0 Å². The summed E-state index contributed by atoms with van der Waals surface area (Å²) in [6.45, 7) is 5.76. The average molecular weight is 598 g/mol. The van der Waals surface area contributed by atoms with Gasteiger partial charge < -0.3 is 10.1 Å². The van der Waals surface area contributed by atoms with Crippen LogP contribution in [-0.2, 0) is 9.53 Å². The van der Waals surface area contributed by atoms with Crippen LogP contribution >= 0.6 is 15.9 Å². The minimum atomic E-state index is -0.493. The van der Waals surface area contributed by atoms with Crippen molar-refractivity contribution in [3.05, 3.63) is 106 Å². The second-order valence-corrected chi connectivity index (χ2v) is 12.0. The number of rotatable bonds is 7. The molecule has 4 nitrogen and oxygen atoms in total. The molecule has 1 aliphatic carbocycles. The normalized spacial score (nSPS) is 24.0. The Hall–Kier alpha value is -2.61. The maximum absolute atomic E-state index is 13.7. The van der Waals surface area contributed by atoms with Gasteiger partial charge in [0.25, 0.3) is 0 Å². The van der Waals surface area contributed by atoms with E-state index in [1.807, 2.05) is 0 Å². The molecule has 1 heterocycles. The van der Waals surface area contributed by atoms with Crippen LogP contribution < -0.4 is 5.32 Å². The Morgan fingerprint density at radius 2 is 1.54 bits per heavy atom. The van der Waals surface area contributed by atoms with Crippen molar-refractivity contribution in [1.82, 2.24) is 10.2 Å². The Kier molecular flexibility index (Phi) is 8.79. The molecule has 3 aromatic carbocycles. The minimum absolute atomic E-state index is 0.0548. The molecule has 2 aliphatic rings. The molecule has 39 heavy (non-hydrogen) atoms. The summed E-state index contributed by atoms with van der Waals surface area (Å²) in [6, 6.07) is 20.2. The Labute approximate surface area is 237 Å². The van der Waals surface area contributed by atoms with Crippen molar-refractivity contribution < 1.29 is 18.3 Å². The van der Waals surface area contributed by atoms with Gasteiger partial charge in [0.2, 0.25) is 5.91 Å². The molecule has 206 valence electrons. The highest BCUT2D eigenvalue weighted by molar-refractivity contribution is 9.10. The van der Waals surface area contributed by atoms with E-state index in [4.69, 9.17) is 4.74 Å². The minimum Gasteiger partial charge on any atom is -0.379 e. The summed E-state index contributed by atoms with van der Waals surface area (Å²) in [7, 11) is 0. The Bertz CT molecular complexity index is 1200. The van der Waals surface area contributed by atoms with E-state index in [1.165, 1.54) is 29.8 Å². The molecule has 0 radical (unpaired) electrons. The van der Waals surface area contributed by atoms with Crippen molar-refractivity contribution in [2.45, 2.75) is 50.1 Å². The molecule has 2 fully saturated rings. The standard InChI is InChI=1S/C32H35BrF2N2O2/c1-32(37-16-18-39-19-17-37)15-14-25(29(21-32)22-2-8-26(33)9-3-22)20-30(38)36-31(23-4-10-27(34)11-5-23)24-6-12-28(35)13-7-24/h2-13,25,29,31H,14-21H2,1H3,(H,36,38). The summed E-state index contributed by atoms with van der Waals surface area (Å²) in [5, 5.41) is 3.18. The molecular weight excluding hydrogens is 562 g/mol. The number of carbonyl (C=O) groups is 1. The molecule has 3 unspecified atom stereocenters. The molecule has 1 amide bonds. The van der Waals surface area contributed by atoms with Gasteiger partial charge in [0.05, 0.1) is 19.3 Å². The van der Waals surface area contributed by atoms with Crippen LogP contribution in [0.25, 0.3) is 0 Å². The molecule has 1 saturated carbocycles. The SMILES string of the molecule is CC1(N2CCOCC2)CCC(CC(=O)NC(c2ccc(F)cc2)c2ccc(F)cc2)C(c2ccc(Br)cc2)C1. The molecule has 1 saturated heterocycles. The van der Waals surface area contributed by atoms with Gasteiger partial charge in [-0.05, 0) is 91.1 Å².